The molecule has 1 spiro atoms. The smallest absolute Gasteiger partial charge is 0.415 e. The summed E-state index contributed by atoms with van der Waals surface area (Å²) in [5.41, 5.74) is 2.78. The zero-order valence-electron chi connectivity index (χ0n) is 30.3. The van der Waals surface area contributed by atoms with Gasteiger partial charge in [-0.1, -0.05) is 90.0 Å². The zero-order chi connectivity index (χ0) is 33.7. The van der Waals surface area contributed by atoms with Gasteiger partial charge in [-0.15, -0.1) is 0 Å². The summed E-state index contributed by atoms with van der Waals surface area (Å²) in [7, 11) is 1.68. The van der Waals surface area contributed by atoms with Gasteiger partial charge in [-0.3, -0.25) is 4.90 Å². The Morgan fingerprint density at radius 1 is 0.896 bits per heavy atom. The predicted octanol–water partition coefficient (Wildman–Crippen LogP) is 10.7. The van der Waals surface area contributed by atoms with Crippen LogP contribution in [0.4, 0.5) is 10.5 Å². The van der Waals surface area contributed by atoms with E-state index < -0.39 is 5.54 Å². The lowest BCUT2D eigenvalue weighted by Gasteiger charge is -2.62. The third-order valence-electron chi connectivity index (χ3n) is 14.2. The van der Waals surface area contributed by atoms with Gasteiger partial charge in [-0.2, -0.15) is 0 Å². The Morgan fingerprint density at radius 3 is 2.38 bits per heavy atom. The average molecular weight is 648 g/mol. The maximum atomic E-state index is 13.8. The minimum atomic E-state index is -0.634. The van der Waals surface area contributed by atoms with Crippen LogP contribution in [-0.2, 0) is 4.74 Å². The summed E-state index contributed by atoms with van der Waals surface area (Å²) < 4.78 is 11.5. The maximum Gasteiger partial charge on any atom is 0.415 e. The fraction of sp³-hybridized carbons (Fsp3) is 0.614. The molecular formula is C44H57NO3. The molecule has 2 aromatic carbocycles. The van der Waals surface area contributed by atoms with Gasteiger partial charge in [0.2, 0.25) is 0 Å². The van der Waals surface area contributed by atoms with Crippen LogP contribution < -0.4 is 9.64 Å². The SMILES string of the molecule is COc1ccc(N2C(=O)OC[C@@]23C[C@@]2(C)[C@H](C=C3C#Cc3ccccc3)CC[C@@H]3[C@@H]2CC[C@]2(C)[C@@H]([C@H](C)CCCC(C)C)CC[C@@H]32)cc1. The molecule has 4 nitrogen and oxygen atoms in total. The molecule has 0 N–H and O–H groups in total. The number of benzene rings is 2. The van der Waals surface area contributed by atoms with E-state index in [2.05, 4.69) is 64.7 Å². The molecule has 0 bridgehead atoms. The first-order valence-corrected chi connectivity index (χ1v) is 19.0. The van der Waals surface area contributed by atoms with E-state index in [0.29, 0.717) is 23.9 Å². The molecule has 256 valence electrons. The molecule has 48 heavy (non-hydrogen) atoms. The predicted molar refractivity (Wildman–Crippen MR) is 195 cm³/mol. The fourth-order valence-corrected chi connectivity index (χ4v) is 11.8. The van der Waals surface area contributed by atoms with Crippen molar-refractivity contribution in [1.82, 2.24) is 0 Å². The van der Waals surface area contributed by atoms with E-state index in [0.717, 1.165) is 58.6 Å². The molecule has 1 aliphatic heterocycles. The van der Waals surface area contributed by atoms with E-state index in [1.54, 1.807) is 7.11 Å². The zero-order valence-corrected chi connectivity index (χ0v) is 30.3. The minimum absolute atomic E-state index is 0.0713. The molecule has 0 unspecified atom stereocenters. The van der Waals surface area contributed by atoms with Crippen molar-refractivity contribution >= 4 is 11.8 Å². The van der Waals surface area contributed by atoms with Gasteiger partial charge in [0.15, 0.2) is 0 Å². The molecule has 5 aliphatic rings. The van der Waals surface area contributed by atoms with Gasteiger partial charge < -0.3 is 9.47 Å². The summed E-state index contributed by atoms with van der Waals surface area (Å²) in [5, 5.41) is 0. The molecule has 1 saturated heterocycles. The summed E-state index contributed by atoms with van der Waals surface area (Å²) >= 11 is 0. The van der Waals surface area contributed by atoms with E-state index in [1.165, 1.54) is 57.8 Å². The second-order valence-corrected chi connectivity index (χ2v) is 17.1. The standard InChI is InChI=1S/C44H57NO3/c1-30(2)11-10-12-31(3)38-23-24-39-37-22-17-33-27-34(16-15-32-13-8-7-9-14-32)44(28-43(33,5)40(37)25-26-42(38,39)4)29-48-41(46)45(44)35-18-20-36(47-6)21-19-35/h7-9,13-14,18-21,27,30-31,33,37-40H,10-12,17,22-26,28-29H2,1-6H3/t31-,33+,37+,38-,39+,40+,42-,43+,44-/m1/s1. The quantitative estimate of drug-likeness (QED) is 0.281. The monoisotopic (exact) mass is 647 g/mol. The molecule has 1 heterocycles. The van der Waals surface area contributed by atoms with Gasteiger partial charge in [-0.25, -0.2) is 4.79 Å². The Labute approximate surface area is 290 Å². The van der Waals surface area contributed by atoms with E-state index in [9.17, 15) is 4.79 Å². The van der Waals surface area contributed by atoms with E-state index in [4.69, 9.17) is 9.47 Å². The molecule has 7 rings (SSSR count). The number of nitrogens with zero attached hydrogens (tertiary/aromatic N) is 1. The topological polar surface area (TPSA) is 38.8 Å². The summed E-state index contributed by atoms with van der Waals surface area (Å²) in [6.07, 6.45) is 15.2. The third-order valence-corrected chi connectivity index (χ3v) is 14.2. The van der Waals surface area contributed by atoms with E-state index >= 15 is 0 Å². The van der Waals surface area contributed by atoms with Gasteiger partial charge >= 0.3 is 6.09 Å². The summed E-state index contributed by atoms with van der Waals surface area (Å²) in [6.45, 7) is 12.9. The highest BCUT2D eigenvalue weighted by atomic mass is 16.6. The largest absolute Gasteiger partial charge is 0.497 e. The summed E-state index contributed by atoms with van der Waals surface area (Å²) in [5.74, 6) is 13.0. The molecule has 4 aliphatic carbocycles. The Morgan fingerprint density at radius 2 is 1.65 bits per heavy atom. The van der Waals surface area contributed by atoms with Crippen LogP contribution in [0.3, 0.4) is 0 Å². The number of amides is 1. The van der Waals surface area contributed by atoms with Crippen molar-refractivity contribution < 1.29 is 14.3 Å². The highest BCUT2D eigenvalue weighted by molar-refractivity contribution is 5.93. The van der Waals surface area contributed by atoms with Crippen LogP contribution in [0.2, 0.25) is 0 Å². The summed E-state index contributed by atoms with van der Waals surface area (Å²) in [6, 6.07) is 18.1. The van der Waals surface area contributed by atoms with Crippen LogP contribution in [0.5, 0.6) is 5.75 Å². The second kappa shape index (κ2) is 12.9. The van der Waals surface area contributed by atoms with Crippen molar-refractivity contribution in [2.24, 2.45) is 52.3 Å². The van der Waals surface area contributed by atoms with E-state index in [1.807, 2.05) is 47.4 Å². The van der Waals surface area contributed by atoms with Crippen molar-refractivity contribution in [2.75, 3.05) is 18.6 Å². The first-order chi connectivity index (χ1) is 23.1. The number of methoxy groups -OCH3 is 1. The van der Waals surface area contributed by atoms with Crippen LogP contribution in [0.15, 0.2) is 66.2 Å². The van der Waals surface area contributed by atoms with Crippen molar-refractivity contribution in [3.05, 3.63) is 71.8 Å². The molecular weight excluding hydrogens is 590 g/mol. The number of carbonyl (C=O) groups is 1. The third kappa shape index (κ3) is 5.58. The number of cyclic esters (lactones) is 1. The lowest BCUT2D eigenvalue weighted by atomic mass is 9.43. The van der Waals surface area contributed by atoms with Crippen molar-refractivity contribution in [2.45, 2.75) is 104 Å². The first kappa shape index (κ1) is 33.3. The van der Waals surface area contributed by atoms with Gasteiger partial charge in [0, 0.05) is 16.8 Å². The average Bonchev–Trinajstić information content (AvgIpc) is 3.60. The number of ether oxygens (including phenoxy) is 2. The molecule has 3 saturated carbocycles. The Balaban J connectivity index is 1.23. The Bertz CT molecular complexity index is 1570. The van der Waals surface area contributed by atoms with Crippen molar-refractivity contribution in [1.29, 1.82) is 0 Å². The van der Waals surface area contributed by atoms with Crippen LogP contribution in [-0.4, -0.2) is 25.3 Å². The number of rotatable bonds is 7. The normalized spacial score (nSPS) is 36.0. The number of anilines is 1. The molecule has 0 aromatic heterocycles. The second-order valence-electron chi connectivity index (χ2n) is 17.1. The van der Waals surface area contributed by atoms with Gasteiger partial charge in [-0.05, 0) is 134 Å². The molecule has 4 fully saturated rings. The highest BCUT2D eigenvalue weighted by Crippen LogP contribution is 2.69. The van der Waals surface area contributed by atoms with Gasteiger partial charge in [0.25, 0.3) is 0 Å². The van der Waals surface area contributed by atoms with Crippen LogP contribution >= 0.6 is 0 Å². The van der Waals surface area contributed by atoms with Gasteiger partial charge in [0.05, 0.1) is 7.11 Å². The lowest BCUT2D eigenvalue weighted by molar-refractivity contribution is -0.103. The van der Waals surface area contributed by atoms with Crippen LogP contribution in [0.25, 0.3) is 0 Å². The van der Waals surface area contributed by atoms with Crippen LogP contribution in [0, 0.1) is 64.1 Å². The van der Waals surface area contributed by atoms with Crippen LogP contribution in [0.1, 0.15) is 104 Å². The number of allylic oxidation sites excluding steroid dienone is 1. The van der Waals surface area contributed by atoms with Gasteiger partial charge in [0.1, 0.15) is 17.9 Å². The Hall–Kier alpha value is -3.19. The lowest BCUT2D eigenvalue weighted by Crippen LogP contribution is -2.60. The number of carbonyl (C=O) groups excluding carboxylic acids is 1. The number of hydrogen-bond acceptors (Lipinski definition) is 3. The first-order valence-electron chi connectivity index (χ1n) is 19.0. The summed E-state index contributed by atoms with van der Waals surface area (Å²) in [4.78, 5) is 15.7. The number of fused-ring (bicyclic) bond motifs is 5. The maximum absolute atomic E-state index is 13.8. The molecule has 4 heteroatoms. The number of hydrogen-bond donors (Lipinski definition) is 0. The van der Waals surface area contributed by atoms with E-state index in [-0.39, 0.29) is 11.5 Å². The highest BCUT2D eigenvalue weighted by Gasteiger charge is 2.65. The molecule has 9 atom stereocenters. The Kier molecular flexibility index (Phi) is 8.97. The minimum Gasteiger partial charge on any atom is -0.497 e. The fourth-order valence-electron chi connectivity index (χ4n) is 11.8. The molecule has 0 radical (unpaired) electrons. The molecule has 2 aromatic rings. The molecule has 1 amide bonds. The van der Waals surface area contributed by atoms with Crippen molar-refractivity contribution in [3.63, 3.8) is 0 Å². The van der Waals surface area contributed by atoms with Crippen molar-refractivity contribution in [3.8, 4) is 17.6 Å².